The number of hydrogen-bond acceptors (Lipinski definition) is 2. The second kappa shape index (κ2) is 6.86. The molecule has 0 spiro atoms. The van der Waals surface area contributed by atoms with Gasteiger partial charge in [0.05, 0.1) is 5.25 Å². The smallest absolute Gasteiger partial charge is 0.0505 e. The van der Waals surface area contributed by atoms with Crippen LogP contribution in [0.15, 0.2) is 24.3 Å². The zero-order chi connectivity index (χ0) is 14.7. The Kier molecular flexibility index (Phi) is 5.39. The third-order valence-corrected chi connectivity index (χ3v) is 6.39. The van der Waals surface area contributed by atoms with Crippen molar-refractivity contribution in [1.82, 2.24) is 0 Å². The molecular formula is C17H27NOS. The molecule has 20 heavy (non-hydrogen) atoms. The van der Waals surface area contributed by atoms with Crippen LogP contribution in [0, 0.1) is 18.8 Å². The van der Waals surface area contributed by atoms with Crippen molar-refractivity contribution in [3.05, 3.63) is 35.4 Å². The van der Waals surface area contributed by atoms with E-state index in [1.54, 1.807) is 0 Å². The average Bonchev–Trinajstić information content (AvgIpc) is 2.38. The van der Waals surface area contributed by atoms with E-state index in [1.165, 1.54) is 17.5 Å². The molecule has 1 aromatic rings. The molecule has 112 valence electrons. The third-order valence-electron chi connectivity index (χ3n) is 4.56. The molecule has 0 bridgehead atoms. The van der Waals surface area contributed by atoms with Gasteiger partial charge in [-0.1, -0.05) is 43.7 Å². The first-order valence-corrected chi connectivity index (χ1v) is 9.04. The molecule has 0 aromatic heterocycles. The van der Waals surface area contributed by atoms with Crippen molar-refractivity contribution < 1.29 is 4.21 Å². The van der Waals surface area contributed by atoms with Crippen molar-refractivity contribution in [3.63, 3.8) is 0 Å². The molecular weight excluding hydrogens is 266 g/mol. The Morgan fingerprint density at radius 3 is 2.75 bits per heavy atom. The Bertz CT molecular complexity index is 472. The predicted octanol–water partition coefficient (Wildman–Crippen LogP) is 3.40. The van der Waals surface area contributed by atoms with Gasteiger partial charge in [0.1, 0.15) is 0 Å². The molecule has 0 heterocycles. The lowest BCUT2D eigenvalue weighted by molar-refractivity contribution is 0.263. The molecule has 4 atom stereocenters. The van der Waals surface area contributed by atoms with Crippen molar-refractivity contribution in [2.45, 2.75) is 57.1 Å². The van der Waals surface area contributed by atoms with Crippen molar-refractivity contribution in [3.8, 4) is 0 Å². The molecule has 0 aliphatic heterocycles. The minimum atomic E-state index is -0.858. The monoisotopic (exact) mass is 293 g/mol. The highest BCUT2D eigenvalue weighted by Crippen LogP contribution is 2.32. The highest BCUT2D eigenvalue weighted by atomic mass is 32.2. The van der Waals surface area contributed by atoms with Crippen molar-refractivity contribution in [1.29, 1.82) is 0 Å². The van der Waals surface area contributed by atoms with E-state index in [4.69, 9.17) is 5.73 Å². The van der Waals surface area contributed by atoms with Gasteiger partial charge in [0.2, 0.25) is 0 Å². The molecule has 0 amide bonds. The topological polar surface area (TPSA) is 43.1 Å². The van der Waals surface area contributed by atoms with Crippen LogP contribution < -0.4 is 5.73 Å². The van der Waals surface area contributed by atoms with E-state index in [0.29, 0.717) is 17.6 Å². The number of nitrogens with two attached hydrogens (primary N) is 1. The van der Waals surface area contributed by atoms with Crippen molar-refractivity contribution >= 4 is 10.8 Å². The Morgan fingerprint density at radius 1 is 1.35 bits per heavy atom. The van der Waals surface area contributed by atoms with Gasteiger partial charge in [0, 0.05) is 22.6 Å². The maximum Gasteiger partial charge on any atom is 0.0505 e. The molecule has 1 aliphatic carbocycles. The van der Waals surface area contributed by atoms with Gasteiger partial charge in [-0.3, -0.25) is 4.21 Å². The Labute approximate surface area is 125 Å². The maximum atomic E-state index is 12.7. The molecule has 4 unspecified atom stereocenters. The summed E-state index contributed by atoms with van der Waals surface area (Å²) < 4.78 is 12.7. The first-order chi connectivity index (χ1) is 9.47. The van der Waals surface area contributed by atoms with E-state index >= 15 is 0 Å². The molecule has 1 saturated carbocycles. The van der Waals surface area contributed by atoms with E-state index < -0.39 is 10.8 Å². The van der Waals surface area contributed by atoms with Crippen molar-refractivity contribution in [2.24, 2.45) is 17.6 Å². The van der Waals surface area contributed by atoms with Gasteiger partial charge in [-0.25, -0.2) is 0 Å². The predicted molar refractivity (Wildman–Crippen MR) is 87.0 cm³/mol. The fourth-order valence-corrected chi connectivity index (χ4v) is 4.87. The fourth-order valence-electron chi connectivity index (χ4n) is 3.16. The quantitative estimate of drug-likeness (QED) is 0.924. The summed E-state index contributed by atoms with van der Waals surface area (Å²) in [4.78, 5) is 0. The van der Waals surface area contributed by atoms with Crippen LogP contribution >= 0.6 is 0 Å². The van der Waals surface area contributed by atoms with Crippen LogP contribution in [0.5, 0.6) is 0 Å². The Morgan fingerprint density at radius 2 is 2.10 bits per heavy atom. The van der Waals surface area contributed by atoms with Gasteiger partial charge >= 0.3 is 0 Å². The number of rotatable bonds is 4. The van der Waals surface area contributed by atoms with E-state index in [1.807, 2.05) is 6.07 Å². The van der Waals surface area contributed by atoms with E-state index in [2.05, 4.69) is 39.0 Å². The standard InChI is InChI=1S/C17H27NOS/c1-12(2)15-7-8-16(18)17(10-15)20(19)11-14-6-4-5-13(3)9-14/h4-6,9,12,15-17H,7-8,10-11,18H2,1-3H3. The van der Waals surface area contributed by atoms with Gasteiger partial charge in [-0.15, -0.1) is 0 Å². The van der Waals surface area contributed by atoms with Crippen LogP contribution in [-0.4, -0.2) is 15.5 Å². The van der Waals surface area contributed by atoms with Crippen LogP contribution in [0.1, 0.15) is 44.2 Å². The molecule has 2 rings (SSSR count). The summed E-state index contributed by atoms with van der Waals surface area (Å²) >= 11 is 0. The van der Waals surface area contributed by atoms with Gasteiger partial charge in [0.25, 0.3) is 0 Å². The van der Waals surface area contributed by atoms with E-state index in [-0.39, 0.29) is 11.3 Å². The van der Waals surface area contributed by atoms with Crippen LogP contribution in [0.3, 0.4) is 0 Å². The lowest BCUT2D eigenvalue weighted by Crippen LogP contribution is -2.44. The minimum Gasteiger partial charge on any atom is -0.327 e. The summed E-state index contributed by atoms with van der Waals surface area (Å²) in [6.45, 7) is 6.61. The summed E-state index contributed by atoms with van der Waals surface area (Å²) in [6.07, 6.45) is 3.24. The summed E-state index contributed by atoms with van der Waals surface area (Å²) in [5, 5.41) is 0.164. The normalized spacial score (nSPS) is 28.6. The maximum absolute atomic E-state index is 12.7. The molecule has 1 aromatic carbocycles. The third kappa shape index (κ3) is 3.92. The molecule has 3 heteroatoms. The summed E-state index contributed by atoms with van der Waals surface area (Å²) in [7, 11) is -0.858. The zero-order valence-corrected chi connectivity index (χ0v) is 13.7. The largest absolute Gasteiger partial charge is 0.327 e. The molecule has 0 saturated heterocycles. The Balaban J connectivity index is 2.03. The van der Waals surface area contributed by atoms with Gasteiger partial charge in [0.15, 0.2) is 0 Å². The molecule has 0 radical (unpaired) electrons. The van der Waals surface area contributed by atoms with E-state index in [0.717, 1.165) is 12.8 Å². The minimum absolute atomic E-state index is 0.107. The van der Waals surface area contributed by atoms with Gasteiger partial charge in [-0.2, -0.15) is 0 Å². The average molecular weight is 293 g/mol. The SMILES string of the molecule is Cc1cccc(CS(=O)C2CC(C(C)C)CCC2N)c1. The summed E-state index contributed by atoms with van der Waals surface area (Å²) in [5.41, 5.74) is 8.63. The van der Waals surface area contributed by atoms with Gasteiger partial charge < -0.3 is 5.73 Å². The van der Waals surface area contributed by atoms with Crippen molar-refractivity contribution in [2.75, 3.05) is 0 Å². The highest BCUT2D eigenvalue weighted by molar-refractivity contribution is 7.84. The molecule has 1 fully saturated rings. The number of hydrogen-bond donors (Lipinski definition) is 1. The first kappa shape index (κ1) is 15.7. The highest BCUT2D eigenvalue weighted by Gasteiger charge is 2.33. The van der Waals surface area contributed by atoms with Crippen LogP contribution in [-0.2, 0) is 16.6 Å². The molecule has 2 nitrogen and oxygen atoms in total. The zero-order valence-electron chi connectivity index (χ0n) is 12.8. The van der Waals surface area contributed by atoms with Crippen LogP contribution in [0.25, 0.3) is 0 Å². The lowest BCUT2D eigenvalue weighted by Gasteiger charge is -2.35. The second-order valence-corrected chi connectivity index (χ2v) is 8.19. The number of aryl methyl sites for hydroxylation is 1. The fraction of sp³-hybridized carbons (Fsp3) is 0.647. The first-order valence-electron chi connectivity index (χ1n) is 7.65. The van der Waals surface area contributed by atoms with Crippen LogP contribution in [0.2, 0.25) is 0 Å². The molecule has 1 aliphatic rings. The second-order valence-electron chi connectivity index (χ2n) is 6.53. The molecule has 2 N–H and O–H groups in total. The Hall–Kier alpha value is -0.670. The van der Waals surface area contributed by atoms with E-state index in [9.17, 15) is 4.21 Å². The summed E-state index contributed by atoms with van der Waals surface area (Å²) in [6, 6.07) is 8.43. The van der Waals surface area contributed by atoms with Crippen LogP contribution in [0.4, 0.5) is 0 Å². The summed E-state index contributed by atoms with van der Waals surface area (Å²) in [5.74, 6) is 1.99. The van der Waals surface area contributed by atoms with Gasteiger partial charge in [-0.05, 0) is 43.6 Å². The number of benzene rings is 1. The lowest BCUT2D eigenvalue weighted by atomic mass is 9.79.